The molecule has 0 radical (unpaired) electrons. The highest BCUT2D eigenvalue weighted by molar-refractivity contribution is 5.99. The normalized spacial score (nSPS) is 31.5. The summed E-state index contributed by atoms with van der Waals surface area (Å²) in [6.45, 7) is 4.82. The van der Waals surface area contributed by atoms with Crippen LogP contribution in [0.15, 0.2) is 36.5 Å². The fourth-order valence-electron chi connectivity index (χ4n) is 7.44. The van der Waals surface area contributed by atoms with Crippen molar-refractivity contribution in [3.05, 3.63) is 47.7 Å². The lowest BCUT2D eigenvalue weighted by Crippen LogP contribution is -2.47. The average molecular weight is 448 g/mol. The van der Waals surface area contributed by atoms with Crippen LogP contribution in [-0.4, -0.2) is 52.8 Å². The van der Waals surface area contributed by atoms with E-state index in [1.54, 1.807) is 6.20 Å². The van der Waals surface area contributed by atoms with Gasteiger partial charge in [-0.3, -0.25) is 14.4 Å². The number of hydrogen-bond donors (Lipinski definition) is 1. The van der Waals surface area contributed by atoms with Gasteiger partial charge in [-0.25, -0.2) is 0 Å². The van der Waals surface area contributed by atoms with Crippen LogP contribution >= 0.6 is 0 Å². The molecule has 5 unspecified atom stereocenters. The van der Waals surface area contributed by atoms with E-state index >= 15 is 0 Å². The van der Waals surface area contributed by atoms with Crippen LogP contribution in [-0.2, 0) is 13.6 Å². The molecule has 1 amide bonds. The number of rotatable bonds is 5. The highest BCUT2D eigenvalue weighted by atomic mass is 16.1. The fourth-order valence-corrected chi connectivity index (χ4v) is 7.44. The summed E-state index contributed by atoms with van der Waals surface area (Å²) < 4.78 is 1.89. The second-order valence-electron chi connectivity index (χ2n) is 11.0. The van der Waals surface area contributed by atoms with Gasteiger partial charge in [0.25, 0.3) is 5.91 Å². The Bertz CT molecular complexity index is 980. The maximum absolute atomic E-state index is 13.5. The molecule has 6 rings (SSSR count). The number of hydrogen-bond acceptors (Lipinski definition) is 4. The number of benzene rings is 1. The van der Waals surface area contributed by atoms with Crippen molar-refractivity contribution in [2.75, 3.05) is 31.1 Å². The molecule has 1 saturated heterocycles. The second-order valence-corrected chi connectivity index (χ2v) is 11.0. The van der Waals surface area contributed by atoms with Crippen LogP contribution < -0.4 is 10.2 Å². The molecular weight excluding hydrogens is 410 g/mol. The van der Waals surface area contributed by atoms with Crippen LogP contribution in [0.5, 0.6) is 0 Å². The molecule has 1 aromatic heterocycles. The monoisotopic (exact) mass is 447 g/mol. The molecule has 4 fully saturated rings. The van der Waals surface area contributed by atoms with Crippen LogP contribution in [0, 0.1) is 23.7 Å². The van der Waals surface area contributed by atoms with Crippen molar-refractivity contribution in [1.82, 2.24) is 20.0 Å². The quantitative estimate of drug-likeness (QED) is 0.760. The minimum Gasteiger partial charge on any atom is -0.354 e. The number of carbonyl (C=O) groups excluding carboxylic acids is 1. The summed E-state index contributed by atoms with van der Waals surface area (Å²) in [6, 6.07) is 11.0. The van der Waals surface area contributed by atoms with Crippen molar-refractivity contribution in [3.8, 4) is 0 Å². The maximum Gasteiger partial charge on any atom is 0.256 e. The Labute approximate surface area is 197 Å². The lowest BCUT2D eigenvalue weighted by molar-refractivity contribution is 0.0913. The van der Waals surface area contributed by atoms with Crippen LogP contribution in [0.1, 0.15) is 54.4 Å². The number of amides is 1. The van der Waals surface area contributed by atoms with E-state index in [0.29, 0.717) is 12.0 Å². The summed E-state index contributed by atoms with van der Waals surface area (Å²) >= 11 is 0. The third-order valence-corrected chi connectivity index (χ3v) is 8.94. The first kappa shape index (κ1) is 21.2. The van der Waals surface area contributed by atoms with Crippen LogP contribution in [0.2, 0.25) is 0 Å². The van der Waals surface area contributed by atoms with E-state index < -0.39 is 0 Å². The number of aromatic nitrogens is 2. The van der Waals surface area contributed by atoms with Gasteiger partial charge < -0.3 is 10.2 Å². The van der Waals surface area contributed by atoms with Gasteiger partial charge in [0.1, 0.15) is 11.4 Å². The fraction of sp³-hybridized carbons (Fsp3) is 0.630. The van der Waals surface area contributed by atoms with Gasteiger partial charge in [-0.05, 0) is 67.8 Å². The van der Waals surface area contributed by atoms with E-state index in [0.717, 1.165) is 68.3 Å². The van der Waals surface area contributed by atoms with E-state index in [-0.39, 0.29) is 5.91 Å². The zero-order valence-corrected chi connectivity index (χ0v) is 19.8. The Kier molecular flexibility index (Phi) is 5.65. The molecule has 3 saturated carbocycles. The largest absolute Gasteiger partial charge is 0.354 e. The number of carbonyl (C=O) groups is 1. The number of piperazine rings is 1. The van der Waals surface area contributed by atoms with Gasteiger partial charge in [-0.15, -0.1) is 0 Å². The Morgan fingerprint density at radius 1 is 1.00 bits per heavy atom. The summed E-state index contributed by atoms with van der Waals surface area (Å²) in [5.41, 5.74) is 2.11. The topological polar surface area (TPSA) is 53.4 Å². The molecule has 1 aromatic carbocycles. The van der Waals surface area contributed by atoms with E-state index in [1.165, 1.54) is 37.7 Å². The molecule has 33 heavy (non-hydrogen) atoms. The van der Waals surface area contributed by atoms with E-state index in [4.69, 9.17) is 0 Å². The zero-order valence-electron chi connectivity index (χ0n) is 19.8. The number of aryl methyl sites for hydroxylation is 1. The SMILES string of the molecule is Cn1ncc(C(=O)NC2CCC3CC4CC(C3)C2C4)c1N1CCN(Cc2ccccc2)CC1. The van der Waals surface area contributed by atoms with Crippen LogP contribution in [0.25, 0.3) is 0 Å². The van der Waals surface area contributed by atoms with Gasteiger partial charge in [0.05, 0.1) is 6.20 Å². The first-order chi connectivity index (χ1) is 16.1. The first-order valence-electron chi connectivity index (χ1n) is 13.0. The number of nitrogens with one attached hydrogen (secondary N) is 1. The molecule has 176 valence electrons. The molecule has 5 atom stereocenters. The highest BCUT2D eigenvalue weighted by Gasteiger charge is 2.46. The van der Waals surface area contributed by atoms with Gasteiger partial charge in [0.2, 0.25) is 0 Å². The minimum absolute atomic E-state index is 0.0797. The zero-order chi connectivity index (χ0) is 22.4. The van der Waals surface area contributed by atoms with Crippen LogP contribution in [0.4, 0.5) is 5.82 Å². The predicted octanol–water partition coefficient (Wildman–Crippen LogP) is 3.69. The van der Waals surface area contributed by atoms with Crippen LogP contribution in [0.3, 0.4) is 0 Å². The molecular formula is C27H37N5O. The molecule has 6 heteroatoms. The van der Waals surface area contributed by atoms with E-state index in [2.05, 4.69) is 50.5 Å². The highest BCUT2D eigenvalue weighted by Crippen LogP contribution is 2.53. The molecule has 6 nitrogen and oxygen atoms in total. The number of anilines is 1. The molecule has 4 aliphatic rings. The second kappa shape index (κ2) is 8.79. The van der Waals surface area contributed by atoms with Crippen molar-refractivity contribution >= 4 is 11.7 Å². The molecule has 3 aliphatic carbocycles. The van der Waals surface area contributed by atoms with E-state index in [9.17, 15) is 4.79 Å². The summed E-state index contributed by atoms with van der Waals surface area (Å²) in [4.78, 5) is 18.3. The van der Waals surface area contributed by atoms with Crippen molar-refractivity contribution in [1.29, 1.82) is 0 Å². The molecule has 1 aliphatic heterocycles. The summed E-state index contributed by atoms with van der Waals surface area (Å²) in [6.07, 6.45) is 9.79. The summed E-state index contributed by atoms with van der Waals surface area (Å²) in [7, 11) is 1.97. The first-order valence-corrected chi connectivity index (χ1v) is 13.0. The molecule has 3 bridgehead atoms. The maximum atomic E-state index is 13.5. The molecule has 0 spiro atoms. The standard InChI is InChI=1S/C27H37N5O/c1-30-27(32-11-9-31(10-12-32)18-19-5-3-2-4-6-19)24(17-28-30)26(33)29-25-8-7-20-13-21-15-22(14-20)23(25)16-21/h2-6,17,20-23,25H,7-16,18H2,1H3,(H,29,33). The van der Waals surface area contributed by atoms with Gasteiger partial charge in [0, 0.05) is 45.8 Å². The molecule has 2 heterocycles. The third kappa shape index (κ3) is 4.18. The third-order valence-electron chi connectivity index (χ3n) is 8.94. The Morgan fingerprint density at radius 2 is 1.79 bits per heavy atom. The summed E-state index contributed by atoms with van der Waals surface area (Å²) in [5.74, 6) is 4.41. The molecule has 2 aromatic rings. The van der Waals surface area contributed by atoms with Crippen molar-refractivity contribution in [2.24, 2.45) is 30.7 Å². The Morgan fingerprint density at radius 3 is 2.61 bits per heavy atom. The smallest absolute Gasteiger partial charge is 0.256 e. The Hall–Kier alpha value is -2.34. The van der Waals surface area contributed by atoms with Crippen molar-refractivity contribution in [2.45, 2.75) is 51.1 Å². The van der Waals surface area contributed by atoms with E-state index in [1.807, 2.05) is 11.7 Å². The number of fused-ring (bicyclic) bond motifs is 2. The van der Waals surface area contributed by atoms with Gasteiger partial charge >= 0.3 is 0 Å². The minimum atomic E-state index is 0.0797. The Balaban J connectivity index is 1.12. The van der Waals surface area contributed by atoms with Crippen molar-refractivity contribution < 1.29 is 4.79 Å². The molecule has 1 N–H and O–H groups in total. The predicted molar refractivity (Wildman–Crippen MR) is 130 cm³/mol. The lowest BCUT2D eigenvalue weighted by atomic mass is 9.80. The summed E-state index contributed by atoms with van der Waals surface area (Å²) in [5, 5.41) is 7.99. The van der Waals surface area contributed by atoms with Gasteiger partial charge in [0.15, 0.2) is 0 Å². The van der Waals surface area contributed by atoms with Crippen molar-refractivity contribution in [3.63, 3.8) is 0 Å². The lowest BCUT2D eigenvalue weighted by Gasteiger charge is -2.36. The average Bonchev–Trinajstić information content (AvgIpc) is 3.33. The van der Waals surface area contributed by atoms with Gasteiger partial charge in [-0.1, -0.05) is 30.3 Å². The van der Waals surface area contributed by atoms with Gasteiger partial charge in [-0.2, -0.15) is 5.10 Å². The number of nitrogens with zero attached hydrogens (tertiary/aromatic N) is 4.